The fourth-order valence-electron chi connectivity index (χ4n) is 1.95. The highest BCUT2D eigenvalue weighted by Gasteiger charge is 2.28. The van der Waals surface area contributed by atoms with Gasteiger partial charge in [0.05, 0.1) is 0 Å². The highest BCUT2D eigenvalue weighted by atomic mass is 19.4. The molecule has 0 atom stereocenters. The summed E-state index contributed by atoms with van der Waals surface area (Å²) in [5, 5.41) is 5.61. The van der Waals surface area contributed by atoms with Crippen LogP contribution in [0.1, 0.15) is 28.7 Å². The van der Waals surface area contributed by atoms with Crippen LogP contribution in [0.3, 0.4) is 0 Å². The number of alkyl halides is 3. The lowest BCUT2D eigenvalue weighted by molar-refractivity contribution is -0.154. The summed E-state index contributed by atoms with van der Waals surface area (Å²) in [4.78, 5) is 24.3. The summed E-state index contributed by atoms with van der Waals surface area (Å²) in [5.74, 6) is -0.170. The summed E-state index contributed by atoms with van der Waals surface area (Å²) < 4.78 is 40.8. The van der Waals surface area contributed by atoms with Crippen LogP contribution in [0.15, 0.2) is 24.4 Å². The predicted molar refractivity (Wildman–Crippen MR) is 87.9 cm³/mol. The van der Waals surface area contributed by atoms with Crippen LogP contribution in [0.5, 0.6) is 5.88 Å². The van der Waals surface area contributed by atoms with Gasteiger partial charge in [0.2, 0.25) is 11.8 Å². The Morgan fingerprint density at radius 2 is 2.04 bits per heavy atom. The molecule has 26 heavy (non-hydrogen) atoms. The van der Waals surface area contributed by atoms with Crippen molar-refractivity contribution in [2.45, 2.75) is 26.6 Å². The van der Waals surface area contributed by atoms with Gasteiger partial charge in [0.15, 0.2) is 6.61 Å². The monoisotopic (exact) mass is 369 g/mol. The van der Waals surface area contributed by atoms with E-state index in [1.54, 1.807) is 13.0 Å². The molecule has 0 saturated heterocycles. The third-order valence-corrected chi connectivity index (χ3v) is 3.06. The van der Waals surface area contributed by atoms with Crippen molar-refractivity contribution in [3.8, 4) is 5.88 Å². The van der Waals surface area contributed by atoms with Crippen molar-refractivity contribution in [3.63, 3.8) is 0 Å². The van der Waals surface area contributed by atoms with Crippen molar-refractivity contribution in [3.05, 3.63) is 41.3 Å². The van der Waals surface area contributed by atoms with Crippen LogP contribution in [0.4, 0.5) is 19.1 Å². The molecule has 2 heterocycles. The van der Waals surface area contributed by atoms with Gasteiger partial charge >= 0.3 is 6.18 Å². The number of hydrogen-bond donors (Lipinski definition) is 2. The van der Waals surface area contributed by atoms with Gasteiger partial charge < -0.3 is 15.4 Å². The first-order valence-corrected chi connectivity index (χ1v) is 7.79. The number of carbonyl (C=O) groups is 1. The van der Waals surface area contributed by atoms with Crippen molar-refractivity contribution in [1.82, 2.24) is 20.3 Å². The SMILES string of the molecule is CCNc1nc(C)cc(C(=O)NCc2ccc(OCC(F)(F)F)nc2)n1. The highest BCUT2D eigenvalue weighted by molar-refractivity contribution is 5.92. The van der Waals surface area contributed by atoms with E-state index in [2.05, 4.69) is 30.3 Å². The highest BCUT2D eigenvalue weighted by Crippen LogP contribution is 2.17. The minimum atomic E-state index is -4.42. The molecular formula is C16H18F3N5O2. The maximum absolute atomic E-state index is 12.2. The van der Waals surface area contributed by atoms with E-state index in [0.29, 0.717) is 23.8 Å². The van der Waals surface area contributed by atoms with Crippen LogP contribution < -0.4 is 15.4 Å². The van der Waals surface area contributed by atoms with Crippen molar-refractivity contribution in [1.29, 1.82) is 0 Å². The standard InChI is InChI=1S/C16H18F3N5O2/c1-3-20-15-23-10(2)6-12(24-15)14(25)22-8-11-4-5-13(21-7-11)26-9-16(17,18)19/h4-7H,3,8-9H2,1-2H3,(H,22,25)(H,20,23,24). The molecule has 10 heteroatoms. The third-order valence-electron chi connectivity index (χ3n) is 3.06. The molecule has 0 radical (unpaired) electrons. The second kappa shape index (κ2) is 8.45. The molecule has 0 aliphatic rings. The van der Waals surface area contributed by atoms with E-state index in [9.17, 15) is 18.0 Å². The molecule has 0 fully saturated rings. The number of ether oxygens (including phenoxy) is 1. The van der Waals surface area contributed by atoms with Crippen LogP contribution in [0.2, 0.25) is 0 Å². The van der Waals surface area contributed by atoms with E-state index in [-0.39, 0.29) is 18.1 Å². The topological polar surface area (TPSA) is 89.0 Å². The minimum absolute atomic E-state index is 0.140. The molecule has 2 rings (SSSR count). The molecule has 2 aromatic heterocycles. The fraction of sp³-hybridized carbons (Fsp3) is 0.375. The average Bonchev–Trinajstić information content (AvgIpc) is 2.58. The lowest BCUT2D eigenvalue weighted by atomic mass is 10.2. The zero-order chi connectivity index (χ0) is 19.2. The lowest BCUT2D eigenvalue weighted by Crippen LogP contribution is -2.24. The Balaban J connectivity index is 1.93. The second-order valence-corrected chi connectivity index (χ2v) is 5.34. The average molecular weight is 369 g/mol. The van der Waals surface area contributed by atoms with Crippen molar-refractivity contribution >= 4 is 11.9 Å². The number of aromatic nitrogens is 3. The molecule has 0 bridgehead atoms. The quantitative estimate of drug-likeness (QED) is 0.780. The molecule has 0 saturated carbocycles. The van der Waals surface area contributed by atoms with Gasteiger partial charge in [-0.2, -0.15) is 13.2 Å². The number of rotatable bonds is 7. The molecule has 2 aromatic rings. The minimum Gasteiger partial charge on any atom is -0.468 e. The molecule has 0 unspecified atom stereocenters. The number of nitrogens with zero attached hydrogens (tertiary/aromatic N) is 3. The summed E-state index contributed by atoms with van der Waals surface area (Å²) in [5.41, 5.74) is 1.47. The number of anilines is 1. The first kappa shape index (κ1) is 19.4. The molecule has 140 valence electrons. The number of amides is 1. The Labute approximate surface area is 148 Å². The lowest BCUT2D eigenvalue weighted by Gasteiger charge is -2.09. The van der Waals surface area contributed by atoms with E-state index >= 15 is 0 Å². The molecule has 0 aromatic carbocycles. The normalized spacial score (nSPS) is 11.1. The Morgan fingerprint density at radius 3 is 2.65 bits per heavy atom. The first-order valence-electron chi connectivity index (χ1n) is 7.79. The predicted octanol–water partition coefficient (Wildman–Crippen LogP) is 2.48. The molecule has 0 aliphatic carbocycles. The van der Waals surface area contributed by atoms with Gasteiger partial charge in [-0.1, -0.05) is 6.07 Å². The van der Waals surface area contributed by atoms with Crippen molar-refractivity contribution in [2.75, 3.05) is 18.5 Å². The maximum atomic E-state index is 12.2. The first-order chi connectivity index (χ1) is 12.3. The Morgan fingerprint density at radius 1 is 1.27 bits per heavy atom. The van der Waals surface area contributed by atoms with Gasteiger partial charge in [-0.3, -0.25) is 4.79 Å². The van der Waals surface area contributed by atoms with Crippen LogP contribution in [-0.4, -0.2) is 40.2 Å². The molecule has 2 N–H and O–H groups in total. The number of aryl methyl sites for hydroxylation is 1. The zero-order valence-electron chi connectivity index (χ0n) is 14.2. The van der Waals surface area contributed by atoms with Gasteiger partial charge in [0, 0.05) is 31.0 Å². The molecule has 7 nitrogen and oxygen atoms in total. The molecular weight excluding hydrogens is 351 g/mol. The fourth-order valence-corrected chi connectivity index (χ4v) is 1.95. The van der Waals surface area contributed by atoms with Crippen molar-refractivity contribution in [2.24, 2.45) is 0 Å². The van der Waals surface area contributed by atoms with E-state index in [1.165, 1.54) is 18.3 Å². The Bertz CT molecular complexity index is 751. The largest absolute Gasteiger partial charge is 0.468 e. The summed E-state index contributed by atoms with van der Waals surface area (Å²) in [6.07, 6.45) is -3.09. The van der Waals surface area contributed by atoms with Crippen LogP contribution >= 0.6 is 0 Å². The third kappa shape index (κ3) is 6.19. The molecule has 0 spiro atoms. The van der Waals surface area contributed by atoms with Gasteiger partial charge in [0.1, 0.15) is 5.69 Å². The maximum Gasteiger partial charge on any atom is 0.422 e. The van der Waals surface area contributed by atoms with Gasteiger partial charge in [-0.25, -0.2) is 15.0 Å². The molecule has 0 aliphatic heterocycles. The number of carbonyl (C=O) groups excluding carboxylic acids is 1. The van der Waals surface area contributed by atoms with Crippen LogP contribution in [0, 0.1) is 6.92 Å². The molecule has 1 amide bonds. The van der Waals surface area contributed by atoms with Crippen LogP contribution in [0.25, 0.3) is 0 Å². The van der Waals surface area contributed by atoms with Crippen LogP contribution in [-0.2, 0) is 6.54 Å². The van der Waals surface area contributed by atoms with E-state index in [0.717, 1.165) is 0 Å². The van der Waals surface area contributed by atoms with E-state index in [1.807, 2.05) is 6.92 Å². The second-order valence-electron chi connectivity index (χ2n) is 5.34. The van der Waals surface area contributed by atoms with Gasteiger partial charge in [-0.05, 0) is 25.5 Å². The van der Waals surface area contributed by atoms with Gasteiger partial charge in [-0.15, -0.1) is 0 Å². The Kier molecular flexibility index (Phi) is 6.31. The zero-order valence-corrected chi connectivity index (χ0v) is 14.2. The summed E-state index contributed by atoms with van der Waals surface area (Å²) in [6, 6.07) is 4.39. The number of pyridine rings is 1. The number of halogens is 3. The smallest absolute Gasteiger partial charge is 0.422 e. The number of nitrogens with one attached hydrogen (secondary N) is 2. The Hall–Kier alpha value is -2.91. The van der Waals surface area contributed by atoms with E-state index in [4.69, 9.17) is 0 Å². The summed E-state index contributed by atoms with van der Waals surface area (Å²) in [6.45, 7) is 3.00. The van der Waals surface area contributed by atoms with Gasteiger partial charge in [0.25, 0.3) is 5.91 Å². The summed E-state index contributed by atoms with van der Waals surface area (Å²) in [7, 11) is 0. The van der Waals surface area contributed by atoms with Crippen molar-refractivity contribution < 1.29 is 22.7 Å². The number of hydrogen-bond acceptors (Lipinski definition) is 6. The van der Waals surface area contributed by atoms with E-state index < -0.39 is 18.7 Å². The summed E-state index contributed by atoms with van der Waals surface area (Å²) >= 11 is 0.